The molecule has 2 aromatic heterocycles. The van der Waals surface area contributed by atoms with Gasteiger partial charge in [-0.25, -0.2) is 0 Å². The number of hydrogen-bond acceptors (Lipinski definition) is 9. The summed E-state index contributed by atoms with van der Waals surface area (Å²) in [5.74, 6) is 3.38. The first-order valence-electron chi connectivity index (χ1n) is 17.9. The van der Waals surface area contributed by atoms with Gasteiger partial charge in [0, 0.05) is 84.4 Å². The van der Waals surface area contributed by atoms with Crippen LogP contribution >= 0.6 is 0 Å². The first kappa shape index (κ1) is 37.7. The van der Waals surface area contributed by atoms with Gasteiger partial charge in [-0.2, -0.15) is 5.10 Å². The van der Waals surface area contributed by atoms with Crippen molar-refractivity contribution in [2.24, 2.45) is 0 Å². The average Bonchev–Trinajstić information content (AvgIpc) is 3.71. The van der Waals surface area contributed by atoms with Gasteiger partial charge in [-0.05, 0) is 49.2 Å². The van der Waals surface area contributed by atoms with E-state index in [2.05, 4.69) is 20.1 Å². The number of aromatic amines is 1. The smallest absolute Gasteiger partial charge is 0.254 e. The highest BCUT2D eigenvalue weighted by Gasteiger charge is 2.28. The van der Waals surface area contributed by atoms with Crippen molar-refractivity contribution in [3.8, 4) is 39.9 Å². The molecule has 0 spiro atoms. The van der Waals surface area contributed by atoms with Crippen LogP contribution in [0.15, 0.2) is 104 Å². The number of ether oxygens (including phenoxy) is 5. The number of carbonyl (C=O) groups excluding carboxylic acids is 1. The summed E-state index contributed by atoms with van der Waals surface area (Å²) in [7, 11) is 8.44. The summed E-state index contributed by atoms with van der Waals surface area (Å²) in [6, 6.07) is 27.0. The number of carbonyl (C=O) groups is 1. The molecule has 0 aliphatic rings. The van der Waals surface area contributed by atoms with Gasteiger partial charge >= 0.3 is 0 Å². The van der Waals surface area contributed by atoms with Crippen LogP contribution in [-0.4, -0.2) is 79.5 Å². The molecule has 11 heteroatoms. The number of methoxy groups -OCH3 is 4. The molecule has 4 aromatic carbocycles. The highest BCUT2D eigenvalue weighted by atomic mass is 16.5. The van der Waals surface area contributed by atoms with Gasteiger partial charge in [0.15, 0.2) is 0 Å². The Balaban J connectivity index is 1.36. The Morgan fingerprint density at radius 3 is 2.04 bits per heavy atom. The summed E-state index contributed by atoms with van der Waals surface area (Å²) in [4.78, 5) is 23.2. The van der Waals surface area contributed by atoms with Crippen molar-refractivity contribution in [3.05, 3.63) is 126 Å². The van der Waals surface area contributed by atoms with Crippen LogP contribution in [0.4, 0.5) is 0 Å². The van der Waals surface area contributed by atoms with E-state index in [0.717, 1.165) is 50.2 Å². The molecule has 0 aliphatic carbocycles. The number of nitrogens with one attached hydrogen (secondary N) is 1. The summed E-state index contributed by atoms with van der Waals surface area (Å²) in [6.45, 7) is 4.11. The molecule has 0 unspecified atom stereocenters. The summed E-state index contributed by atoms with van der Waals surface area (Å²) in [5, 5.41) is 8.33. The Labute approximate surface area is 316 Å². The third-order valence-corrected chi connectivity index (χ3v) is 9.64. The standard InChI is InChI=1S/C43H47N5O6/c1-7-54-41-21-30(15-18-36(41)29-11-9-8-10-12-29)43(49)47(2)38(37-26-44-24-33-25-45-46-42(33)37)19-20-48(27-31-13-16-34(50-3)22-39(31)52-5)28-32-14-17-35(51-4)23-40(32)53-6/h8-18,21-26,38H,7,19-20,27-28H2,1-6H3,(H,45,46)/t38-/m1/s1. The zero-order valence-electron chi connectivity index (χ0n) is 31.7. The fourth-order valence-corrected chi connectivity index (χ4v) is 6.79. The van der Waals surface area contributed by atoms with Crippen molar-refractivity contribution < 1.29 is 28.5 Å². The van der Waals surface area contributed by atoms with Gasteiger partial charge in [-0.3, -0.25) is 19.8 Å². The summed E-state index contributed by atoms with van der Waals surface area (Å²) < 4.78 is 28.6. The highest BCUT2D eigenvalue weighted by Crippen LogP contribution is 2.35. The van der Waals surface area contributed by atoms with E-state index in [4.69, 9.17) is 23.7 Å². The number of benzene rings is 4. The van der Waals surface area contributed by atoms with Crippen molar-refractivity contribution >= 4 is 16.8 Å². The molecule has 11 nitrogen and oxygen atoms in total. The molecule has 54 heavy (non-hydrogen) atoms. The van der Waals surface area contributed by atoms with Crippen molar-refractivity contribution in [2.45, 2.75) is 32.5 Å². The van der Waals surface area contributed by atoms with Gasteiger partial charge in [0.25, 0.3) is 5.91 Å². The van der Waals surface area contributed by atoms with Gasteiger partial charge in [-0.15, -0.1) is 0 Å². The summed E-state index contributed by atoms with van der Waals surface area (Å²) in [6.07, 6.45) is 5.91. The van der Waals surface area contributed by atoms with Gasteiger partial charge in [-0.1, -0.05) is 42.5 Å². The summed E-state index contributed by atoms with van der Waals surface area (Å²) >= 11 is 0. The van der Waals surface area contributed by atoms with E-state index < -0.39 is 0 Å². The van der Waals surface area contributed by atoms with Crippen LogP contribution in [0.3, 0.4) is 0 Å². The van der Waals surface area contributed by atoms with E-state index in [9.17, 15) is 4.79 Å². The SMILES string of the molecule is CCOc1cc(C(=O)N(C)[C@H](CCN(Cc2ccc(OC)cc2OC)Cc2ccc(OC)cc2OC)c2cncc3cn[nH]c23)ccc1-c1ccccc1. The highest BCUT2D eigenvalue weighted by molar-refractivity contribution is 5.96. The Morgan fingerprint density at radius 1 is 0.759 bits per heavy atom. The second-order valence-corrected chi connectivity index (χ2v) is 12.9. The maximum atomic E-state index is 14.5. The van der Waals surface area contributed by atoms with Crippen molar-refractivity contribution in [2.75, 3.05) is 48.6 Å². The van der Waals surface area contributed by atoms with E-state index in [1.54, 1.807) is 45.7 Å². The average molecular weight is 730 g/mol. The quantitative estimate of drug-likeness (QED) is 0.1000. The lowest BCUT2D eigenvalue weighted by Gasteiger charge is -2.32. The molecule has 6 rings (SSSR count). The van der Waals surface area contributed by atoms with E-state index in [0.29, 0.717) is 55.5 Å². The van der Waals surface area contributed by atoms with Gasteiger partial charge in [0.2, 0.25) is 0 Å². The molecule has 1 N–H and O–H groups in total. The predicted molar refractivity (Wildman–Crippen MR) is 210 cm³/mol. The minimum Gasteiger partial charge on any atom is -0.497 e. The van der Waals surface area contributed by atoms with Gasteiger partial charge < -0.3 is 28.6 Å². The lowest BCUT2D eigenvalue weighted by atomic mass is 9.99. The summed E-state index contributed by atoms with van der Waals surface area (Å²) in [5.41, 5.74) is 6.17. The Hall–Kier alpha value is -6.07. The second kappa shape index (κ2) is 17.6. The van der Waals surface area contributed by atoms with Crippen molar-refractivity contribution in [1.82, 2.24) is 25.0 Å². The van der Waals surface area contributed by atoms with Crippen LogP contribution in [0.1, 0.15) is 46.4 Å². The van der Waals surface area contributed by atoms with E-state index >= 15 is 0 Å². The monoisotopic (exact) mass is 729 g/mol. The topological polar surface area (TPSA) is 111 Å². The lowest BCUT2D eigenvalue weighted by molar-refractivity contribution is 0.0708. The zero-order chi connectivity index (χ0) is 38.0. The molecule has 0 saturated carbocycles. The minimum absolute atomic E-state index is 0.141. The molecule has 280 valence electrons. The van der Waals surface area contributed by atoms with Crippen LogP contribution in [-0.2, 0) is 13.1 Å². The lowest BCUT2D eigenvalue weighted by Crippen LogP contribution is -2.34. The van der Waals surface area contributed by atoms with Crippen LogP contribution in [0, 0.1) is 0 Å². The predicted octanol–water partition coefficient (Wildman–Crippen LogP) is 7.96. The molecule has 0 fully saturated rings. The maximum Gasteiger partial charge on any atom is 0.254 e. The van der Waals surface area contributed by atoms with Crippen LogP contribution in [0.5, 0.6) is 28.7 Å². The molecule has 0 bridgehead atoms. The number of nitrogens with zero attached hydrogens (tertiary/aromatic N) is 4. The molecule has 0 saturated heterocycles. The molecule has 2 heterocycles. The molecule has 0 aliphatic heterocycles. The Bertz CT molecular complexity index is 2110. The number of aromatic nitrogens is 3. The molecule has 0 radical (unpaired) electrons. The number of H-pyrrole nitrogens is 1. The van der Waals surface area contributed by atoms with Gasteiger partial charge in [0.1, 0.15) is 28.7 Å². The number of pyridine rings is 1. The Morgan fingerprint density at radius 2 is 1.43 bits per heavy atom. The second-order valence-electron chi connectivity index (χ2n) is 12.9. The molecule has 6 aromatic rings. The fraction of sp³-hybridized carbons (Fsp3) is 0.279. The van der Waals surface area contributed by atoms with Gasteiger partial charge in [0.05, 0.1) is 52.8 Å². The van der Waals surface area contributed by atoms with Crippen molar-refractivity contribution in [1.29, 1.82) is 0 Å². The van der Waals surface area contributed by atoms with Crippen molar-refractivity contribution in [3.63, 3.8) is 0 Å². The zero-order valence-corrected chi connectivity index (χ0v) is 31.7. The minimum atomic E-state index is -0.378. The molecule has 1 amide bonds. The van der Waals surface area contributed by atoms with Crippen LogP contribution in [0.2, 0.25) is 0 Å². The first-order valence-corrected chi connectivity index (χ1v) is 17.9. The van der Waals surface area contributed by atoms with E-state index in [1.807, 2.05) is 105 Å². The largest absolute Gasteiger partial charge is 0.497 e. The normalized spacial score (nSPS) is 11.7. The first-order chi connectivity index (χ1) is 26.4. The number of rotatable bonds is 17. The molecular formula is C43H47N5O6. The fourth-order valence-electron chi connectivity index (χ4n) is 6.79. The Kier molecular flexibility index (Phi) is 12.3. The molecular weight excluding hydrogens is 683 g/mol. The third kappa shape index (κ3) is 8.42. The third-order valence-electron chi connectivity index (χ3n) is 9.64. The number of hydrogen-bond donors (Lipinski definition) is 1. The number of amides is 1. The molecule has 1 atom stereocenters. The van der Waals surface area contributed by atoms with E-state index in [1.165, 1.54) is 0 Å². The van der Waals surface area contributed by atoms with E-state index in [-0.39, 0.29) is 11.9 Å². The maximum absolute atomic E-state index is 14.5. The van der Waals surface area contributed by atoms with Crippen LogP contribution in [0.25, 0.3) is 22.0 Å². The number of fused-ring (bicyclic) bond motifs is 1. The van der Waals surface area contributed by atoms with Crippen LogP contribution < -0.4 is 23.7 Å².